The average molecular weight is 402 g/mol. The van der Waals surface area contributed by atoms with Crippen molar-refractivity contribution in [2.24, 2.45) is 10.9 Å². The fraction of sp³-hybridized carbons (Fsp3) is 0.524. The van der Waals surface area contributed by atoms with Crippen LogP contribution in [0.4, 0.5) is 5.69 Å². The molecule has 2 N–H and O–H groups in total. The van der Waals surface area contributed by atoms with Gasteiger partial charge in [-0.15, -0.1) is 11.3 Å². The SMILES string of the molecule is CCNC(=NCc1sc(C)nc1C)NCC1CCN(c2ccccc2OC)C1. The normalized spacial score (nSPS) is 17.1. The molecule has 3 rings (SSSR count). The molecule has 28 heavy (non-hydrogen) atoms. The number of hydrogen-bond donors (Lipinski definition) is 2. The zero-order valence-electron chi connectivity index (χ0n) is 17.3. The second kappa shape index (κ2) is 9.78. The van der Waals surface area contributed by atoms with Crippen LogP contribution in [0.3, 0.4) is 0 Å². The minimum absolute atomic E-state index is 0.584. The standard InChI is InChI=1S/C21H31N5OS/c1-5-22-21(24-13-20-15(2)25-16(3)28-20)23-12-17-10-11-26(14-17)18-8-6-7-9-19(18)27-4/h6-9,17H,5,10-14H2,1-4H3,(H2,22,23,24). The molecule has 1 aromatic carbocycles. The molecule has 1 aliphatic rings. The molecule has 7 heteroatoms. The number of aryl methyl sites for hydroxylation is 2. The van der Waals surface area contributed by atoms with Crippen LogP contribution in [0.1, 0.15) is 28.9 Å². The molecule has 152 valence electrons. The van der Waals surface area contributed by atoms with Crippen molar-refractivity contribution >= 4 is 23.0 Å². The summed E-state index contributed by atoms with van der Waals surface area (Å²) in [5, 5.41) is 7.98. The monoisotopic (exact) mass is 401 g/mol. The highest BCUT2D eigenvalue weighted by Crippen LogP contribution is 2.31. The number of guanidine groups is 1. The number of nitrogens with zero attached hydrogens (tertiary/aromatic N) is 3. The number of methoxy groups -OCH3 is 1. The molecule has 1 aliphatic heterocycles. The lowest BCUT2D eigenvalue weighted by Gasteiger charge is -2.21. The topological polar surface area (TPSA) is 61.8 Å². The van der Waals surface area contributed by atoms with Crippen LogP contribution in [-0.2, 0) is 6.54 Å². The molecular formula is C21H31N5OS. The van der Waals surface area contributed by atoms with E-state index in [2.05, 4.69) is 46.5 Å². The molecule has 2 aromatic rings. The van der Waals surface area contributed by atoms with E-state index in [0.29, 0.717) is 12.5 Å². The van der Waals surface area contributed by atoms with Crippen molar-refractivity contribution in [3.05, 3.63) is 39.8 Å². The van der Waals surface area contributed by atoms with Crippen LogP contribution in [0.5, 0.6) is 5.75 Å². The molecule has 2 heterocycles. The Morgan fingerprint density at radius 1 is 1.32 bits per heavy atom. The van der Waals surface area contributed by atoms with Gasteiger partial charge in [0, 0.05) is 31.1 Å². The Morgan fingerprint density at radius 3 is 2.86 bits per heavy atom. The van der Waals surface area contributed by atoms with E-state index in [1.165, 1.54) is 10.6 Å². The number of rotatable bonds is 7. The minimum atomic E-state index is 0.584. The molecule has 0 aliphatic carbocycles. The van der Waals surface area contributed by atoms with Gasteiger partial charge in [0.25, 0.3) is 0 Å². The van der Waals surface area contributed by atoms with Gasteiger partial charge in [0.2, 0.25) is 0 Å². The zero-order valence-corrected chi connectivity index (χ0v) is 18.1. The van der Waals surface area contributed by atoms with Gasteiger partial charge in [-0.3, -0.25) is 0 Å². The molecule has 0 bridgehead atoms. The summed E-state index contributed by atoms with van der Waals surface area (Å²) >= 11 is 1.73. The van der Waals surface area contributed by atoms with Crippen LogP contribution in [0.2, 0.25) is 0 Å². The summed E-state index contributed by atoms with van der Waals surface area (Å²) in [6.07, 6.45) is 1.16. The lowest BCUT2D eigenvalue weighted by Crippen LogP contribution is -2.40. The first kappa shape index (κ1) is 20.5. The predicted molar refractivity (Wildman–Crippen MR) is 118 cm³/mol. The van der Waals surface area contributed by atoms with E-state index in [1.54, 1.807) is 18.4 Å². The maximum atomic E-state index is 5.52. The molecule has 1 aromatic heterocycles. The van der Waals surface area contributed by atoms with Gasteiger partial charge in [-0.1, -0.05) is 12.1 Å². The first-order chi connectivity index (χ1) is 13.6. The quantitative estimate of drug-likeness (QED) is 0.550. The second-order valence-electron chi connectivity index (χ2n) is 7.09. The van der Waals surface area contributed by atoms with Crippen LogP contribution in [0, 0.1) is 19.8 Å². The van der Waals surface area contributed by atoms with Crippen LogP contribution >= 0.6 is 11.3 Å². The van der Waals surface area contributed by atoms with Crippen LogP contribution in [-0.4, -0.2) is 44.2 Å². The summed E-state index contributed by atoms with van der Waals surface area (Å²) in [5.41, 5.74) is 2.27. The number of thiazole rings is 1. The highest BCUT2D eigenvalue weighted by Gasteiger charge is 2.24. The Labute approximate surface area is 172 Å². The largest absolute Gasteiger partial charge is 0.495 e. The molecule has 1 atom stereocenters. The summed E-state index contributed by atoms with van der Waals surface area (Å²) in [5.74, 6) is 2.41. The van der Waals surface area contributed by atoms with Gasteiger partial charge in [-0.2, -0.15) is 0 Å². The van der Waals surface area contributed by atoms with Gasteiger partial charge >= 0.3 is 0 Å². The van der Waals surface area contributed by atoms with Gasteiger partial charge in [0.1, 0.15) is 5.75 Å². The molecule has 0 saturated carbocycles. The maximum Gasteiger partial charge on any atom is 0.191 e. The average Bonchev–Trinajstić information content (AvgIpc) is 3.29. The summed E-state index contributed by atoms with van der Waals surface area (Å²) in [6.45, 7) is 10.7. The van der Waals surface area contributed by atoms with Crippen LogP contribution in [0.15, 0.2) is 29.3 Å². The third kappa shape index (κ3) is 5.16. The van der Waals surface area contributed by atoms with Crippen molar-refractivity contribution in [1.29, 1.82) is 0 Å². The van der Waals surface area contributed by atoms with Crippen molar-refractivity contribution in [2.45, 2.75) is 33.7 Å². The summed E-state index contributed by atoms with van der Waals surface area (Å²) in [6, 6.07) is 8.25. The van der Waals surface area contributed by atoms with Crippen molar-refractivity contribution in [2.75, 3.05) is 38.2 Å². The Bertz CT molecular complexity index is 804. The molecule has 1 saturated heterocycles. The zero-order chi connectivity index (χ0) is 19.9. The van der Waals surface area contributed by atoms with E-state index in [1.807, 2.05) is 19.1 Å². The van der Waals surface area contributed by atoms with Gasteiger partial charge in [-0.05, 0) is 45.2 Å². The molecule has 1 fully saturated rings. The van der Waals surface area contributed by atoms with Gasteiger partial charge in [-0.25, -0.2) is 9.98 Å². The van der Waals surface area contributed by atoms with E-state index < -0.39 is 0 Å². The number of ether oxygens (including phenoxy) is 1. The maximum absolute atomic E-state index is 5.52. The Hall–Kier alpha value is -2.28. The molecule has 0 radical (unpaired) electrons. The first-order valence-corrected chi connectivity index (χ1v) is 10.8. The Morgan fingerprint density at radius 2 is 2.14 bits per heavy atom. The fourth-order valence-corrected chi connectivity index (χ4v) is 4.42. The molecule has 1 unspecified atom stereocenters. The van der Waals surface area contributed by atoms with Crippen LogP contribution < -0.4 is 20.3 Å². The van der Waals surface area contributed by atoms with Gasteiger partial charge in [0.05, 0.1) is 30.0 Å². The first-order valence-electron chi connectivity index (χ1n) is 9.93. The van der Waals surface area contributed by atoms with E-state index in [0.717, 1.165) is 55.0 Å². The fourth-order valence-electron chi connectivity index (χ4n) is 3.56. The lowest BCUT2D eigenvalue weighted by atomic mass is 10.1. The molecule has 0 spiro atoms. The minimum Gasteiger partial charge on any atom is -0.495 e. The van der Waals surface area contributed by atoms with Gasteiger partial charge in [0.15, 0.2) is 5.96 Å². The number of hydrogen-bond acceptors (Lipinski definition) is 5. The van der Waals surface area contributed by atoms with E-state index in [-0.39, 0.29) is 0 Å². The summed E-state index contributed by atoms with van der Waals surface area (Å²) < 4.78 is 5.52. The summed E-state index contributed by atoms with van der Waals surface area (Å²) in [7, 11) is 1.74. The van der Waals surface area contributed by atoms with Crippen LogP contribution in [0.25, 0.3) is 0 Å². The number of benzene rings is 1. The lowest BCUT2D eigenvalue weighted by molar-refractivity contribution is 0.414. The number of aromatic nitrogens is 1. The summed E-state index contributed by atoms with van der Waals surface area (Å²) in [4.78, 5) is 12.9. The second-order valence-corrected chi connectivity index (χ2v) is 8.38. The van der Waals surface area contributed by atoms with E-state index in [4.69, 9.17) is 9.73 Å². The molecule has 6 nitrogen and oxygen atoms in total. The third-order valence-electron chi connectivity index (χ3n) is 4.99. The van der Waals surface area contributed by atoms with Crippen molar-refractivity contribution < 1.29 is 4.74 Å². The Kier molecular flexibility index (Phi) is 7.14. The molecule has 0 amide bonds. The number of anilines is 1. The molecular weight excluding hydrogens is 370 g/mol. The van der Waals surface area contributed by atoms with E-state index in [9.17, 15) is 0 Å². The highest BCUT2D eigenvalue weighted by atomic mass is 32.1. The number of para-hydroxylation sites is 2. The third-order valence-corrected chi connectivity index (χ3v) is 6.05. The van der Waals surface area contributed by atoms with Crippen molar-refractivity contribution in [3.63, 3.8) is 0 Å². The predicted octanol–water partition coefficient (Wildman–Crippen LogP) is 3.35. The van der Waals surface area contributed by atoms with Gasteiger partial charge < -0.3 is 20.3 Å². The smallest absolute Gasteiger partial charge is 0.191 e. The Balaban J connectivity index is 1.55. The van der Waals surface area contributed by atoms with E-state index >= 15 is 0 Å². The number of nitrogens with one attached hydrogen (secondary N) is 2. The van der Waals surface area contributed by atoms with Crippen molar-refractivity contribution in [3.8, 4) is 5.75 Å². The highest BCUT2D eigenvalue weighted by molar-refractivity contribution is 7.11. The number of aliphatic imine (C=N–C) groups is 1. The van der Waals surface area contributed by atoms with Crippen molar-refractivity contribution in [1.82, 2.24) is 15.6 Å².